The maximum atomic E-state index is 12.6. The van der Waals surface area contributed by atoms with Crippen molar-refractivity contribution in [1.82, 2.24) is 4.90 Å². The Bertz CT molecular complexity index is 1110. The van der Waals surface area contributed by atoms with E-state index >= 15 is 0 Å². The highest BCUT2D eigenvalue weighted by Gasteiger charge is 2.31. The predicted molar refractivity (Wildman–Crippen MR) is 138 cm³/mol. The molecule has 1 aliphatic rings. The van der Waals surface area contributed by atoms with Gasteiger partial charge in [0, 0.05) is 11.6 Å². The molecule has 6 nitrogen and oxygen atoms in total. The predicted octanol–water partition coefficient (Wildman–Crippen LogP) is 6.02. The molecule has 0 aromatic heterocycles. The van der Waals surface area contributed by atoms with E-state index in [2.05, 4.69) is 12.2 Å². The number of thiocarbonyl (C=S) groups is 1. The van der Waals surface area contributed by atoms with Gasteiger partial charge in [0.05, 0.1) is 22.7 Å². The number of nitrogens with zero attached hydrogens (tertiary/aromatic N) is 1. The van der Waals surface area contributed by atoms with Gasteiger partial charge in [-0.05, 0) is 48.4 Å². The van der Waals surface area contributed by atoms with Crippen molar-refractivity contribution in [1.29, 1.82) is 0 Å². The molecule has 2 aromatic carbocycles. The molecule has 3 rings (SSSR count). The number of unbranched alkanes of at least 4 members (excludes halogenated alkanes) is 1. The topological polar surface area (TPSA) is 67.9 Å². The van der Waals surface area contributed by atoms with Gasteiger partial charge in [-0.2, -0.15) is 0 Å². The first-order chi connectivity index (χ1) is 15.8. The van der Waals surface area contributed by atoms with Crippen molar-refractivity contribution in [2.75, 3.05) is 25.6 Å². The summed E-state index contributed by atoms with van der Waals surface area (Å²) < 4.78 is 11.6. The van der Waals surface area contributed by atoms with E-state index in [4.69, 9.17) is 44.9 Å². The molecule has 1 N–H and O–H groups in total. The summed E-state index contributed by atoms with van der Waals surface area (Å²) in [4.78, 5) is 27.1. The summed E-state index contributed by atoms with van der Waals surface area (Å²) in [7, 11) is 1.50. The first-order valence-corrected chi connectivity index (χ1v) is 12.1. The Morgan fingerprint density at radius 1 is 1.21 bits per heavy atom. The fraction of sp³-hybridized carbons (Fsp3) is 0.261. The summed E-state index contributed by atoms with van der Waals surface area (Å²) in [5, 5.41) is 3.48. The zero-order valence-electron chi connectivity index (χ0n) is 18.0. The average molecular weight is 525 g/mol. The van der Waals surface area contributed by atoms with Gasteiger partial charge in [0.2, 0.25) is 0 Å². The van der Waals surface area contributed by atoms with Crippen molar-refractivity contribution in [3.05, 3.63) is 56.9 Å². The van der Waals surface area contributed by atoms with Crippen LogP contribution in [0.15, 0.2) is 41.3 Å². The van der Waals surface area contributed by atoms with Gasteiger partial charge in [0.15, 0.2) is 18.1 Å². The number of thioether (sulfide) groups is 1. The van der Waals surface area contributed by atoms with E-state index in [-0.39, 0.29) is 18.4 Å². The van der Waals surface area contributed by atoms with Crippen LogP contribution in [0.2, 0.25) is 10.0 Å². The third-order valence-electron chi connectivity index (χ3n) is 4.66. The van der Waals surface area contributed by atoms with Crippen LogP contribution in [0.5, 0.6) is 11.5 Å². The van der Waals surface area contributed by atoms with E-state index in [1.807, 2.05) is 0 Å². The highest BCUT2D eigenvalue weighted by molar-refractivity contribution is 8.26. The number of carbonyl (C=O) groups is 2. The van der Waals surface area contributed by atoms with E-state index < -0.39 is 0 Å². The number of carbonyl (C=O) groups excluding carboxylic acids is 2. The van der Waals surface area contributed by atoms with Crippen molar-refractivity contribution in [2.24, 2.45) is 0 Å². The molecule has 2 aromatic rings. The number of nitrogens with one attached hydrogen (secondary N) is 1. The molecule has 0 saturated carbocycles. The van der Waals surface area contributed by atoms with Crippen LogP contribution < -0.4 is 14.8 Å². The zero-order chi connectivity index (χ0) is 24.0. The third kappa shape index (κ3) is 6.63. The van der Waals surface area contributed by atoms with Crippen molar-refractivity contribution in [3.8, 4) is 11.5 Å². The van der Waals surface area contributed by atoms with Gasteiger partial charge in [-0.25, -0.2) is 0 Å². The smallest absolute Gasteiger partial charge is 0.266 e. The normalized spacial score (nSPS) is 14.7. The fourth-order valence-electron chi connectivity index (χ4n) is 2.97. The van der Waals surface area contributed by atoms with E-state index in [0.717, 1.165) is 18.4 Å². The Morgan fingerprint density at radius 3 is 2.70 bits per heavy atom. The molecule has 0 aliphatic carbocycles. The molecule has 0 bridgehead atoms. The lowest BCUT2D eigenvalue weighted by molar-refractivity contribution is -0.122. The molecular weight excluding hydrogens is 503 g/mol. The number of hydrogen-bond donors (Lipinski definition) is 1. The summed E-state index contributed by atoms with van der Waals surface area (Å²) in [6, 6.07) is 9.99. The minimum absolute atomic E-state index is 0.0877. The van der Waals surface area contributed by atoms with Crippen molar-refractivity contribution in [3.63, 3.8) is 0 Å². The number of benzene rings is 2. The second-order valence-electron chi connectivity index (χ2n) is 7.06. The molecule has 0 atom stereocenters. The molecule has 0 unspecified atom stereocenters. The first-order valence-electron chi connectivity index (χ1n) is 10.1. The van der Waals surface area contributed by atoms with Crippen LogP contribution in [-0.2, 0) is 9.59 Å². The molecule has 2 amide bonds. The number of hydrogen-bond acceptors (Lipinski definition) is 6. The fourth-order valence-corrected chi connectivity index (χ4v) is 4.74. The highest BCUT2D eigenvalue weighted by Crippen LogP contribution is 2.35. The first kappa shape index (κ1) is 25.4. The standard InChI is InChI=1S/C23H22Cl2N2O4S2/c1-3-4-9-27-22(29)20(33-23(27)32)11-14-5-8-18(19(10-14)30-2)31-13-21(28)26-17-7-6-15(24)12-16(17)25/h5-8,10-12H,3-4,9,13H2,1-2H3,(H,26,28)/b20-11-. The maximum Gasteiger partial charge on any atom is 0.266 e. The minimum Gasteiger partial charge on any atom is -0.493 e. The van der Waals surface area contributed by atoms with Gasteiger partial charge in [-0.15, -0.1) is 0 Å². The summed E-state index contributed by atoms with van der Waals surface area (Å²) in [6.45, 7) is 2.45. The molecule has 0 radical (unpaired) electrons. The van der Waals surface area contributed by atoms with Crippen molar-refractivity contribution in [2.45, 2.75) is 19.8 Å². The lowest BCUT2D eigenvalue weighted by Gasteiger charge is -2.13. The average Bonchev–Trinajstić information content (AvgIpc) is 3.05. The molecule has 1 heterocycles. The van der Waals surface area contributed by atoms with Gasteiger partial charge < -0.3 is 14.8 Å². The number of amides is 2. The maximum absolute atomic E-state index is 12.6. The monoisotopic (exact) mass is 524 g/mol. The van der Waals surface area contributed by atoms with Crippen LogP contribution in [0.25, 0.3) is 6.08 Å². The zero-order valence-corrected chi connectivity index (χ0v) is 21.2. The molecule has 10 heteroatoms. The number of ether oxygens (including phenoxy) is 2. The van der Waals surface area contributed by atoms with Crippen LogP contribution in [0.4, 0.5) is 5.69 Å². The largest absolute Gasteiger partial charge is 0.493 e. The van der Waals surface area contributed by atoms with Crippen LogP contribution in [0.3, 0.4) is 0 Å². The van der Waals surface area contributed by atoms with E-state index in [0.29, 0.717) is 43.0 Å². The number of halogens is 2. The number of rotatable bonds is 9. The van der Waals surface area contributed by atoms with Crippen molar-refractivity contribution < 1.29 is 19.1 Å². The summed E-state index contributed by atoms with van der Waals surface area (Å²) in [6.07, 6.45) is 3.66. The lowest BCUT2D eigenvalue weighted by atomic mass is 10.2. The molecule has 1 saturated heterocycles. The van der Waals surface area contributed by atoms with Gasteiger partial charge >= 0.3 is 0 Å². The lowest BCUT2D eigenvalue weighted by Crippen LogP contribution is -2.28. The van der Waals surface area contributed by atoms with E-state index in [1.165, 1.54) is 18.9 Å². The Labute approximate surface area is 212 Å². The molecular formula is C23H22Cl2N2O4S2. The van der Waals surface area contributed by atoms with Gasteiger partial charge in [0.25, 0.3) is 11.8 Å². The summed E-state index contributed by atoms with van der Waals surface area (Å²) in [5.74, 6) is 0.349. The van der Waals surface area contributed by atoms with Gasteiger partial charge in [-0.1, -0.05) is 66.6 Å². The van der Waals surface area contributed by atoms with E-state index in [1.54, 1.807) is 47.4 Å². The SMILES string of the molecule is CCCCN1C(=O)/C(=C/c2ccc(OCC(=O)Nc3ccc(Cl)cc3Cl)c(OC)c2)SC1=S. The van der Waals surface area contributed by atoms with Crippen LogP contribution in [-0.4, -0.2) is 41.3 Å². The molecule has 1 fully saturated rings. The second-order valence-corrected chi connectivity index (χ2v) is 9.58. The van der Waals surface area contributed by atoms with Crippen LogP contribution >= 0.6 is 47.2 Å². The van der Waals surface area contributed by atoms with Gasteiger partial charge in [-0.3, -0.25) is 14.5 Å². The Morgan fingerprint density at radius 2 is 2.00 bits per heavy atom. The number of anilines is 1. The number of methoxy groups -OCH3 is 1. The quantitative estimate of drug-likeness (QED) is 0.319. The molecule has 0 spiro atoms. The van der Waals surface area contributed by atoms with Crippen molar-refractivity contribution >= 4 is 75.1 Å². The minimum atomic E-state index is -0.388. The molecule has 174 valence electrons. The molecule has 33 heavy (non-hydrogen) atoms. The third-order valence-corrected chi connectivity index (χ3v) is 6.58. The van der Waals surface area contributed by atoms with Gasteiger partial charge in [0.1, 0.15) is 4.32 Å². The summed E-state index contributed by atoms with van der Waals surface area (Å²) in [5.41, 5.74) is 1.20. The van der Waals surface area contributed by atoms with Crippen LogP contribution in [0, 0.1) is 0 Å². The van der Waals surface area contributed by atoms with E-state index in [9.17, 15) is 9.59 Å². The second kappa shape index (κ2) is 11.7. The Hall–Kier alpha value is -2.26. The Kier molecular flexibility index (Phi) is 9.02. The Balaban J connectivity index is 1.66. The van der Waals surface area contributed by atoms with Crippen LogP contribution in [0.1, 0.15) is 25.3 Å². The molecule has 1 aliphatic heterocycles. The summed E-state index contributed by atoms with van der Waals surface area (Å²) >= 11 is 18.6. The highest BCUT2D eigenvalue weighted by atomic mass is 35.5.